The summed E-state index contributed by atoms with van der Waals surface area (Å²) in [5.74, 6) is -0.124. The molecule has 1 amide bonds. The summed E-state index contributed by atoms with van der Waals surface area (Å²) in [4.78, 5) is 22.0. The molecule has 1 aliphatic rings. The van der Waals surface area contributed by atoms with Gasteiger partial charge < -0.3 is 15.7 Å². The van der Waals surface area contributed by atoms with Crippen LogP contribution in [-0.2, 0) is 11.2 Å². The molecule has 1 aromatic rings. The quantitative estimate of drug-likeness (QED) is 0.561. The molecule has 0 spiro atoms. The number of aliphatic hydroxyl groups excluding tert-OH is 1. The number of fused-ring (bicyclic) bond motifs is 1. The van der Waals surface area contributed by atoms with Gasteiger partial charge in [0.15, 0.2) is 0 Å². The fourth-order valence-electron chi connectivity index (χ4n) is 2.22. The largest absolute Gasteiger partial charge is 0.396 e. The Bertz CT molecular complexity index is 545. The first-order valence-electron chi connectivity index (χ1n) is 6.50. The lowest BCUT2D eigenvalue weighted by molar-refractivity contribution is -0.383. The molecule has 108 valence electrons. The summed E-state index contributed by atoms with van der Waals surface area (Å²) < 4.78 is 0. The fourth-order valence-corrected chi connectivity index (χ4v) is 2.22. The van der Waals surface area contributed by atoms with Gasteiger partial charge in [-0.1, -0.05) is 0 Å². The Hall–Kier alpha value is -2.15. The van der Waals surface area contributed by atoms with Gasteiger partial charge in [-0.2, -0.15) is 0 Å². The minimum Gasteiger partial charge on any atom is -0.396 e. The molecule has 1 atom stereocenters. The zero-order chi connectivity index (χ0) is 14.7. The summed E-state index contributed by atoms with van der Waals surface area (Å²) in [6.07, 6.45) is 1.46. The number of amides is 1. The lowest BCUT2D eigenvalue weighted by Gasteiger charge is -2.20. The van der Waals surface area contributed by atoms with Crippen LogP contribution in [0.25, 0.3) is 0 Å². The summed E-state index contributed by atoms with van der Waals surface area (Å²) >= 11 is 0. The molecule has 0 aliphatic carbocycles. The second-order valence-corrected chi connectivity index (χ2v) is 4.89. The molecule has 2 rings (SSSR count). The van der Waals surface area contributed by atoms with Crippen molar-refractivity contribution in [2.75, 3.05) is 17.2 Å². The molecular weight excluding hydrogens is 262 g/mol. The number of carbonyl (C=O) groups is 1. The van der Waals surface area contributed by atoms with Crippen LogP contribution in [0.15, 0.2) is 12.1 Å². The van der Waals surface area contributed by atoms with E-state index in [0.717, 1.165) is 5.56 Å². The number of nitrogens with zero attached hydrogens (tertiary/aromatic N) is 1. The topological polar surface area (TPSA) is 104 Å². The van der Waals surface area contributed by atoms with E-state index in [1.54, 1.807) is 6.07 Å². The molecule has 1 aromatic carbocycles. The van der Waals surface area contributed by atoms with Crippen LogP contribution in [0.1, 0.15) is 25.3 Å². The number of aliphatic hydroxyl groups is 1. The lowest BCUT2D eigenvalue weighted by Crippen LogP contribution is -2.21. The predicted octanol–water partition coefficient (Wildman–Crippen LogP) is 1.66. The highest BCUT2D eigenvalue weighted by Gasteiger charge is 2.23. The predicted molar refractivity (Wildman–Crippen MR) is 74.8 cm³/mol. The molecule has 0 saturated heterocycles. The molecule has 0 saturated carbocycles. The minimum atomic E-state index is -0.477. The highest BCUT2D eigenvalue weighted by molar-refractivity contribution is 5.95. The normalized spacial score (nSPS) is 15.2. The van der Waals surface area contributed by atoms with Gasteiger partial charge >= 0.3 is 0 Å². The van der Waals surface area contributed by atoms with E-state index < -0.39 is 4.92 Å². The Morgan fingerprint density at radius 2 is 2.25 bits per heavy atom. The van der Waals surface area contributed by atoms with Gasteiger partial charge in [-0.25, -0.2) is 0 Å². The zero-order valence-corrected chi connectivity index (χ0v) is 11.2. The average Bonchev–Trinajstić information content (AvgIpc) is 2.38. The van der Waals surface area contributed by atoms with Crippen molar-refractivity contribution >= 4 is 23.0 Å². The van der Waals surface area contributed by atoms with Gasteiger partial charge in [-0.3, -0.25) is 14.9 Å². The standard InChI is InChI=1S/C13H17N3O4/c1-8(4-5-17)14-11-6-9-2-3-13(18)15-10(9)7-12(11)16(19)20/h6-8,14,17H,2-5H2,1H3,(H,15,18). The Morgan fingerprint density at radius 3 is 2.90 bits per heavy atom. The van der Waals surface area contributed by atoms with Gasteiger partial charge in [-0.05, 0) is 31.4 Å². The van der Waals surface area contributed by atoms with Crippen molar-refractivity contribution in [1.82, 2.24) is 0 Å². The third kappa shape index (κ3) is 3.05. The molecule has 7 nitrogen and oxygen atoms in total. The number of rotatable bonds is 5. The smallest absolute Gasteiger partial charge is 0.294 e. The van der Waals surface area contributed by atoms with Crippen LogP contribution in [0.4, 0.5) is 17.1 Å². The van der Waals surface area contributed by atoms with Crippen LogP contribution < -0.4 is 10.6 Å². The molecule has 3 N–H and O–H groups in total. The number of hydrogen-bond acceptors (Lipinski definition) is 5. The SMILES string of the molecule is CC(CCO)Nc1cc2c(cc1[N+](=O)[O-])NC(=O)CC2. The number of hydrogen-bond donors (Lipinski definition) is 3. The van der Waals surface area contributed by atoms with Crippen LogP contribution in [0.5, 0.6) is 0 Å². The number of nitrogens with one attached hydrogen (secondary N) is 2. The maximum Gasteiger partial charge on any atom is 0.294 e. The summed E-state index contributed by atoms with van der Waals surface area (Å²) in [6.45, 7) is 1.87. The van der Waals surface area contributed by atoms with Gasteiger partial charge in [0.1, 0.15) is 5.69 Å². The Morgan fingerprint density at radius 1 is 1.50 bits per heavy atom. The number of nitro benzene ring substituents is 1. The highest BCUT2D eigenvalue weighted by Crippen LogP contribution is 2.34. The Labute approximate surface area is 116 Å². The van der Waals surface area contributed by atoms with Gasteiger partial charge in [0.05, 0.1) is 10.6 Å². The molecule has 0 radical (unpaired) electrons. The molecule has 0 bridgehead atoms. The van der Waals surface area contributed by atoms with Gasteiger partial charge in [0.25, 0.3) is 5.69 Å². The van der Waals surface area contributed by atoms with Crippen molar-refractivity contribution in [1.29, 1.82) is 0 Å². The molecule has 1 heterocycles. The monoisotopic (exact) mass is 279 g/mol. The molecule has 7 heteroatoms. The van der Waals surface area contributed by atoms with E-state index in [-0.39, 0.29) is 24.2 Å². The third-order valence-electron chi connectivity index (χ3n) is 3.28. The average molecular weight is 279 g/mol. The maximum absolute atomic E-state index is 11.3. The summed E-state index contributed by atoms with van der Waals surface area (Å²) in [6, 6.07) is 3.02. The van der Waals surface area contributed by atoms with Crippen molar-refractivity contribution in [2.24, 2.45) is 0 Å². The Balaban J connectivity index is 2.35. The number of anilines is 2. The van der Waals surface area contributed by atoms with Gasteiger partial charge in [-0.15, -0.1) is 0 Å². The zero-order valence-electron chi connectivity index (χ0n) is 11.2. The van der Waals surface area contributed by atoms with Crippen LogP contribution in [0.2, 0.25) is 0 Å². The van der Waals surface area contributed by atoms with E-state index >= 15 is 0 Å². The fraction of sp³-hybridized carbons (Fsp3) is 0.462. The van der Waals surface area contributed by atoms with Crippen LogP contribution in [-0.4, -0.2) is 28.6 Å². The van der Waals surface area contributed by atoms with E-state index in [0.29, 0.717) is 30.6 Å². The highest BCUT2D eigenvalue weighted by atomic mass is 16.6. The second-order valence-electron chi connectivity index (χ2n) is 4.89. The summed E-state index contributed by atoms with van der Waals surface area (Å²) in [7, 11) is 0. The van der Waals surface area contributed by atoms with Crippen molar-refractivity contribution in [3.8, 4) is 0 Å². The molecule has 1 unspecified atom stereocenters. The third-order valence-corrected chi connectivity index (χ3v) is 3.28. The summed E-state index contributed by atoms with van der Waals surface area (Å²) in [5.41, 5.74) is 1.74. The molecule has 0 aromatic heterocycles. The first-order chi connectivity index (χ1) is 9.51. The minimum absolute atomic E-state index is 0.0168. The number of benzene rings is 1. The van der Waals surface area contributed by atoms with Crippen molar-refractivity contribution in [3.63, 3.8) is 0 Å². The maximum atomic E-state index is 11.3. The van der Waals surface area contributed by atoms with E-state index in [2.05, 4.69) is 10.6 Å². The van der Waals surface area contributed by atoms with Gasteiger partial charge in [0, 0.05) is 25.1 Å². The number of nitro groups is 1. The van der Waals surface area contributed by atoms with Crippen LogP contribution in [0.3, 0.4) is 0 Å². The number of aryl methyl sites for hydroxylation is 1. The molecule has 1 aliphatic heterocycles. The second kappa shape index (κ2) is 5.87. The van der Waals surface area contributed by atoms with E-state index in [4.69, 9.17) is 5.11 Å². The van der Waals surface area contributed by atoms with E-state index in [9.17, 15) is 14.9 Å². The molecule has 0 fully saturated rings. The molecular formula is C13H17N3O4. The van der Waals surface area contributed by atoms with Crippen LogP contribution in [0, 0.1) is 10.1 Å². The lowest BCUT2D eigenvalue weighted by atomic mass is 10.0. The first-order valence-corrected chi connectivity index (χ1v) is 6.50. The number of carbonyl (C=O) groups excluding carboxylic acids is 1. The summed E-state index contributed by atoms with van der Waals surface area (Å²) in [5, 5.41) is 25.7. The van der Waals surface area contributed by atoms with Crippen molar-refractivity contribution in [2.45, 2.75) is 32.2 Å². The van der Waals surface area contributed by atoms with Gasteiger partial charge in [0.2, 0.25) is 5.91 Å². The molecule has 20 heavy (non-hydrogen) atoms. The first kappa shape index (κ1) is 14.3. The van der Waals surface area contributed by atoms with Crippen LogP contribution >= 0.6 is 0 Å². The van der Waals surface area contributed by atoms with E-state index in [1.807, 2.05) is 6.92 Å². The van der Waals surface area contributed by atoms with E-state index in [1.165, 1.54) is 6.07 Å². The Kier molecular flexibility index (Phi) is 4.19. The van der Waals surface area contributed by atoms with Crippen molar-refractivity contribution in [3.05, 3.63) is 27.8 Å². The van der Waals surface area contributed by atoms with Crippen molar-refractivity contribution < 1.29 is 14.8 Å².